The molecule has 0 spiro atoms. The van der Waals surface area contributed by atoms with Gasteiger partial charge in [-0.25, -0.2) is 4.98 Å². The molecule has 0 aliphatic carbocycles. The van der Waals surface area contributed by atoms with Gasteiger partial charge in [0.15, 0.2) is 0 Å². The largest absolute Gasteiger partial charge is 0.352 e. The van der Waals surface area contributed by atoms with Crippen LogP contribution in [0.5, 0.6) is 0 Å². The maximum Gasteiger partial charge on any atom is 0.220 e. The Hall–Kier alpha value is -1.83. The van der Waals surface area contributed by atoms with E-state index in [0.29, 0.717) is 18.8 Å². The predicted octanol–water partition coefficient (Wildman–Crippen LogP) is 0.0334. The molecule has 14 heavy (non-hydrogen) atoms. The molecule has 1 aromatic rings. The minimum atomic E-state index is 0.0913. The SMILES string of the molecule is N#Cc1nccn1CC1CCC(=O)N1. The first-order chi connectivity index (χ1) is 6.79. The van der Waals surface area contributed by atoms with Crippen molar-refractivity contribution >= 4 is 5.91 Å². The van der Waals surface area contributed by atoms with Crippen LogP contribution in [0.15, 0.2) is 12.4 Å². The molecular weight excluding hydrogens is 180 g/mol. The second kappa shape index (κ2) is 3.50. The molecule has 1 amide bonds. The number of hydrogen-bond acceptors (Lipinski definition) is 3. The average molecular weight is 190 g/mol. The van der Waals surface area contributed by atoms with E-state index in [9.17, 15) is 4.79 Å². The van der Waals surface area contributed by atoms with Crippen molar-refractivity contribution in [1.82, 2.24) is 14.9 Å². The van der Waals surface area contributed by atoms with Gasteiger partial charge in [-0.3, -0.25) is 4.79 Å². The summed E-state index contributed by atoms with van der Waals surface area (Å²) in [5.41, 5.74) is 0. The number of carbonyl (C=O) groups excluding carboxylic acids is 1. The van der Waals surface area contributed by atoms with Crippen LogP contribution in [0, 0.1) is 11.3 Å². The molecule has 1 aliphatic heterocycles. The molecule has 1 fully saturated rings. The van der Waals surface area contributed by atoms with Crippen molar-refractivity contribution in [2.45, 2.75) is 25.4 Å². The van der Waals surface area contributed by atoms with Crippen molar-refractivity contribution in [2.24, 2.45) is 0 Å². The summed E-state index contributed by atoms with van der Waals surface area (Å²) in [5, 5.41) is 11.6. The van der Waals surface area contributed by atoms with Crippen LogP contribution >= 0.6 is 0 Å². The second-order valence-corrected chi connectivity index (χ2v) is 3.32. The van der Waals surface area contributed by atoms with Crippen LogP contribution in [0.3, 0.4) is 0 Å². The number of nitriles is 1. The van der Waals surface area contributed by atoms with Gasteiger partial charge in [-0.15, -0.1) is 0 Å². The van der Waals surface area contributed by atoms with Crippen LogP contribution in [0.1, 0.15) is 18.7 Å². The quantitative estimate of drug-likeness (QED) is 0.715. The van der Waals surface area contributed by atoms with Crippen LogP contribution in [-0.2, 0) is 11.3 Å². The fraction of sp³-hybridized carbons (Fsp3) is 0.444. The summed E-state index contributed by atoms with van der Waals surface area (Å²) in [7, 11) is 0. The predicted molar refractivity (Wildman–Crippen MR) is 48.1 cm³/mol. The molecule has 5 heteroatoms. The zero-order chi connectivity index (χ0) is 9.97. The molecule has 2 rings (SSSR count). The van der Waals surface area contributed by atoms with Crippen molar-refractivity contribution in [3.8, 4) is 6.07 Å². The zero-order valence-corrected chi connectivity index (χ0v) is 7.60. The lowest BCUT2D eigenvalue weighted by atomic mass is 10.2. The van der Waals surface area contributed by atoms with Gasteiger partial charge in [-0.1, -0.05) is 0 Å². The van der Waals surface area contributed by atoms with Gasteiger partial charge in [0.2, 0.25) is 11.7 Å². The summed E-state index contributed by atoms with van der Waals surface area (Å²) in [6.07, 6.45) is 4.77. The highest BCUT2D eigenvalue weighted by molar-refractivity contribution is 5.78. The molecule has 0 saturated carbocycles. The fourth-order valence-corrected chi connectivity index (χ4v) is 1.62. The summed E-state index contributed by atoms with van der Waals surface area (Å²) in [4.78, 5) is 14.8. The number of aromatic nitrogens is 2. The number of imidazole rings is 1. The fourth-order valence-electron chi connectivity index (χ4n) is 1.62. The van der Waals surface area contributed by atoms with Crippen LogP contribution in [0.2, 0.25) is 0 Å². The van der Waals surface area contributed by atoms with Crippen molar-refractivity contribution < 1.29 is 4.79 Å². The monoisotopic (exact) mass is 190 g/mol. The third kappa shape index (κ3) is 1.59. The van der Waals surface area contributed by atoms with Gasteiger partial charge in [-0.05, 0) is 6.42 Å². The summed E-state index contributed by atoms with van der Waals surface area (Å²) >= 11 is 0. The standard InChI is InChI=1S/C9H10N4O/c10-5-8-11-3-4-13(8)6-7-1-2-9(14)12-7/h3-4,7H,1-2,6H2,(H,12,14). The van der Waals surface area contributed by atoms with E-state index in [2.05, 4.69) is 10.3 Å². The maximum atomic E-state index is 10.9. The lowest BCUT2D eigenvalue weighted by Gasteiger charge is -2.10. The molecule has 1 atom stereocenters. The smallest absolute Gasteiger partial charge is 0.220 e. The van der Waals surface area contributed by atoms with Gasteiger partial charge in [-0.2, -0.15) is 5.26 Å². The topological polar surface area (TPSA) is 70.7 Å². The third-order valence-corrected chi connectivity index (χ3v) is 2.32. The summed E-state index contributed by atoms with van der Waals surface area (Å²) in [6, 6.07) is 2.14. The summed E-state index contributed by atoms with van der Waals surface area (Å²) < 4.78 is 1.76. The number of nitrogens with zero attached hydrogens (tertiary/aromatic N) is 3. The lowest BCUT2D eigenvalue weighted by Crippen LogP contribution is -2.29. The number of nitrogens with one attached hydrogen (secondary N) is 1. The molecule has 1 aliphatic rings. The summed E-state index contributed by atoms with van der Waals surface area (Å²) in [5.74, 6) is 0.486. The van der Waals surface area contributed by atoms with Crippen molar-refractivity contribution in [3.05, 3.63) is 18.2 Å². The normalized spacial score (nSPS) is 20.5. The summed E-state index contributed by atoms with van der Waals surface area (Å²) in [6.45, 7) is 0.634. The van der Waals surface area contributed by atoms with Crippen molar-refractivity contribution in [1.29, 1.82) is 5.26 Å². The van der Waals surface area contributed by atoms with E-state index in [4.69, 9.17) is 5.26 Å². The van der Waals surface area contributed by atoms with Gasteiger partial charge in [0, 0.05) is 31.4 Å². The average Bonchev–Trinajstić information content (AvgIpc) is 2.76. The van der Waals surface area contributed by atoms with Crippen molar-refractivity contribution in [3.63, 3.8) is 0 Å². The van der Waals surface area contributed by atoms with E-state index < -0.39 is 0 Å². The Balaban J connectivity index is 2.05. The minimum Gasteiger partial charge on any atom is -0.352 e. The Bertz CT molecular complexity index is 390. The first-order valence-electron chi connectivity index (χ1n) is 4.50. The lowest BCUT2D eigenvalue weighted by molar-refractivity contribution is -0.119. The Morgan fingerprint density at radius 1 is 1.79 bits per heavy atom. The number of hydrogen-bond donors (Lipinski definition) is 1. The Kier molecular flexibility index (Phi) is 2.19. The molecule has 72 valence electrons. The van der Waals surface area contributed by atoms with Crippen molar-refractivity contribution in [2.75, 3.05) is 0 Å². The molecule has 2 heterocycles. The van der Waals surface area contributed by atoms with Gasteiger partial charge in [0.05, 0.1) is 0 Å². The van der Waals surface area contributed by atoms with E-state index in [0.717, 1.165) is 6.42 Å². The van der Waals surface area contributed by atoms with Crippen LogP contribution in [0.25, 0.3) is 0 Å². The molecule has 1 N–H and O–H groups in total. The van der Waals surface area contributed by atoms with Gasteiger partial charge < -0.3 is 9.88 Å². The number of carbonyl (C=O) groups is 1. The molecule has 0 radical (unpaired) electrons. The van der Waals surface area contributed by atoms with Gasteiger partial charge >= 0.3 is 0 Å². The molecule has 0 bridgehead atoms. The van der Waals surface area contributed by atoms with E-state index in [-0.39, 0.29) is 11.9 Å². The molecule has 1 saturated heterocycles. The highest BCUT2D eigenvalue weighted by Crippen LogP contribution is 2.09. The first-order valence-corrected chi connectivity index (χ1v) is 4.50. The second-order valence-electron chi connectivity index (χ2n) is 3.32. The Morgan fingerprint density at radius 3 is 3.29 bits per heavy atom. The zero-order valence-electron chi connectivity index (χ0n) is 7.60. The molecular formula is C9H10N4O. The van der Waals surface area contributed by atoms with E-state index in [1.807, 2.05) is 6.07 Å². The molecule has 5 nitrogen and oxygen atoms in total. The van der Waals surface area contributed by atoms with E-state index in [1.54, 1.807) is 17.0 Å². The first kappa shape index (κ1) is 8.75. The van der Waals surface area contributed by atoms with Gasteiger partial charge in [0.1, 0.15) is 6.07 Å². The molecule has 0 aromatic carbocycles. The Morgan fingerprint density at radius 2 is 2.64 bits per heavy atom. The van der Waals surface area contributed by atoms with Gasteiger partial charge in [0.25, 0.3) is 0 Å². The number of rotatable bonds is 2. The van der Waals surface area contributed by atoms with Crippen LogP contribution in [-0.4, -0.2) is 21.5 Å². The van der Waals surface area contributed by atoms with E-state index >= 15 is 0 Å². The van der Waals surface area contributed by atoms with Crippen LogP contribution < -0.4 is 5.32 Å². The number of amides is 1. The molecule has 1 aromatic heterocycles. The Labute approximate surface area is 81.4 Å². The highest BCUT2D eigenvalue weighted by atomic mass is 16.1. The highest BCUT2D eigenvalue weighted by Gasteiger charge is 2.21. The van der Waals surface area contributed by atoms with E-state index in [1.165, 1.54) is 0 Å². The van der Waals surface area contributed by atoms with Crippen LogP contribution in [0.4, 0.5) is 0 Å². The third-order valence-electron chi connectivity index (χ3n) is 2.32. The maximum absolute atomic E-state index is 10.9. The minimum absolute atomic E-state index is 0.0913. The molecule has 1 unspecified atom stereocenters.